The van der Waals surface area contributed by atoms with Gasteiger partial charge in [-0.25, -0.2) is 0 Å². The fourth-order valence-corrected chi connectivity index (χ4v) is 5.35. The van der Waals surface area contributed by atoms with E-state index in [-0.39, 0.29) is 25.0 Å². The highest BCUT2D eigenvalue weighted by atomic mass is 32.3. The van der Waals surface area contributed by atoms with Crippen molar-refractivity contribution in [3.63, 3.8) is 0 Å². The Labute approximate surface area is 272 Å². The van der Waals surface area contributed by atoms with E-state index < -0.39 is 10.4 Å². The summed E-state index contributed by atoms with van der Waals surface area (Å²) in [5.74, 6) is -0.191. The average molecular weight is 650 g/mol. The van der Waals surface area contributed by atoms with Gasteiger partial charge in [-0.15, -0.1) is 0 Å². The van der Waals surface area contributed by atoms with Crippen LogP contribution in [0.5, 0.6) is 0 Å². The number of carbonyl (C=O) groups is 2. The van der Waals surface area contributed by atoms with E-state index in [1.165, 1.54) is 146 Å². The topological polar surface area (TPSA) is 121 Å². The molecule has 0 aliphatic carbocycles. The summed E-state index contributed by atoms with van der Waals surface area (Å²) in [5, 5.41) is 9.36. The number of carbonyl (C=O) groups excluding carboxylic acids is 2. The van der Waals surface area contributed by atoms with Crippen molar-refractivity contribution in [1.82, 2.24) is 4.90 Å². The second kappa shape index (κ2) is 34.8. The smallest absolute Gasteiger partial charge is 0.395 e. The van der Waals surface area contributed by atoms with E-state index >= 15 is 0 Å². The maximum atomic E-state index is 12.6. The van der Waals surface area contributed by atoms with Crippen LogP contribution in [0.1, 0.15) is 194 Å². The molecule has 0 aromatic carbocycles. The lowest BCUT2D eigenvalue weighted by molar-refractivity contribution is -0.145. The number of aliphatic hydroxyl groups is 1. The van der Waals surface area contributed by atoms with E-state index in [1.807, 2.05) is 0 Å². The molecule has 0 spiro atoms. The minimum Gasteiger partial charge on any atom is -0.395 e. The van der Waals surface area contributed by atoms with Crippen LogP contribution < -0.4 is 0 Å². The highest BCUT2D eigenvalue weighted by Crippen LogP contribution is 2.15. The van der Waals surface area contributed by atoms with E-state index in [0.29, 0.717) is 12.8 Å². The number of hydrogen-bond donors (Lipinski definition) is 2. The van der Waals surface area contributed by atoms with Crippen molar-refractivity contribution >= 4 is 22.2 Å². The summed E-state index contributed by atoms with van der Waals surface area (Å²) in [6, 6.07) is 0. The van der Waals surface area contributed by atoms with E-state index in [4.69, 9.17) is 4.55 Å². The van der Waals surface area contributed by atoms with Gasteiger partial charge in [-0.3, -0.25) is 23.2 Å². The zero-order chi connectivity index (χ0) is 33.2. The summed E-state index contributed by atoms with van der Waals surface area (Å²) >= 11 is 0. The summed E-state index contributed by atoms with van der Waals surface area (Å²) in [4.78, 5) is 26.5. The van der Waals surface area contributed by atoms with Gasteiger partial charge in [0.25, 0.3) is 0 Å². The standard InChI is InChI=1S/C34H67NO3.CH4O4S/c1-3-5-7-9-11-13-15-17-19-21-23-25-27-29-33(37)35(31-32-36)34(38)30-28-26-24-22-20-18-16-14-12-10-8-6-4-2;1-5-6(2,3)4/h36H,3-32H2,1-2H3;1H3,(H,2,3,4). The van der Waals surface area contributed by atoms with Gasteiger partial charge < -0.3 is 5.11 Å². The molecule has 0 radical (unpaired) electrons. The first kappa shape index (κ1) is 45.1. The van der Waals surface area contributed by atoms with Crippen LogP contribution in [0.2, 0.25) is 0 Å². The quantitative estimate of drug-likeness (QED) is 0.0566. The van der Waals surface area contributed by atoms with Crippen LogP contribution in [0.4, 0.5) is 0 Å². The Bertz CT molecular complexity index is 689. The van der Waals surface area contributed by atoms with Crippen molar-refractivity contribution in [3.05, 3.63) is 0 Å². The summed E-state index contributed by atoms with van der Waals surface area (Å²) in [5.41, 5.74) is 0. The molecule has 0 rings (SSSR count). The third kappa shape index (κ3) is 35.4. The molecule has 0 fully saturated rings. The lowest BCUT2D eigenvalue weighted by Gasteiger charge is -2.20. The van der Waals surface area contributed by atoms with E-state index in [9.17, 15) is 23.1 Å². The first-order valence-electron chi connectivity index (χ1n) is 18.2. The molecule has 0 aliphatic rings. The second-order valence-corrected chi connectivity index (χ2v) is 13.4. The molecule has 0 aromatic rings. The van der Waals surface area contributed by atoms with E-state index in [0.717, 1.165) is 32.8 Å². The van der Waals surface area contributed by atoms with Gasteiger partial charge in [0.1, 0.15) is 0 Å². The molecule has 0 atom stereocenters. The molecule has 2 amide bonds. The number of unbranched alkanes of at least 4 members (excludes halogenated alkanes) is 24. The maximum Gasteiger partial charge on any atom is 0.397 e. The first-order valence-corrected chi connectivity index (χ1v) is 19.6. The molecule has 0 heterocycles. The van der Waals surface area contributed by atoms with Gasteiger partial charge in [-0.2, -0.15) is 8.42 Å². The molecule has 0 aliphatic heterocycles. The summed E-state index contributed by atoms with van der Waals surface area (Å²) < 4.78 is 29.7. The maximum absolute atomic E-state index is 12.6. The third-order valence-electron chi connectivity index (χ3n) is 8.12. The molecule has 264 valence electrons. The third-order valence-corrected chi connectivity index (χ3v) is 8.55. The molecule has 8 nitrogen and oxygen atoms in total. The van der Waals surface area contributed by atoms with E-state index in [1.54, 1.807) is 0 Å². The van der Waals surface area contributed by atoms with Crippen molar-refractivity contribution in [2.75, 3.05) is 20.3 Å². The Kier molecular flexibility index (Phi) is 35.7. The Morgan fingerprint density at radius 3 is 0.955 bits per heavy atom. The average Bonchev–Trinajstić information content (AvgIpc) is 3.00. The molecule has 0 bridgehead atoms. The molecule has 0 unspecified atom stereocenters. The minimum atomic E-state index is -4.16. The normalized spacial score (nSPS) is 11.3. The highest BCUT2D eigenvalue weighted by Gasteiger charge is 2.19. The summed E-state index contributed by atoms with van der Waals surface area (Å²) in [7, 11) is -3.29. The van der Waals surface area contributed by atoms with Gasteiger partial charge in [0.05, 0.1) is 20.3 Å². The van der Waals surface area contributed by atoms with Gasteiger partial charge in [0, 0.05) is 12.8 Å². The molecule has 0 saturated carbocycles. The van der Waals surface area contributed by atoms with E-state index in [2.05, 4.69) is 18.0 Å². The molecule has 0 saturated heterocycles. The van der Waals surface area contributed by atoms with Gasteiger partial charge in [-0.05, 0) is 12.8 Å². The van der Waals surface area contributed by atoms with Crippen LogP contribution in [0.25, 0.3) is 0 Å². The number of amides is 2. The number of hydrogen-bond acceptors (Lipinski definition) is 6. The fraction of sp³-hybridized carbons (Fsp3) is 0.943. The fourth-order valence-electron chi connectivity index (χ4n) is 5.35. The highest BCUT2D eigenvalue weighted by molar-refractivity contribution is 7.80. The zero-order valence-electron chi connectivity index (χ0n) is 29.0. The van der Waals surface area contributed by atoms with Crippen LogP contribution in [0.15, 0.2) is 0 Å². The van der Waals surface area contributed by atoms with Gasteiger partial charge in [0.15, 0.2) is 0 Å². The number of nitrogens with zero attached hydrogens (tertiary/aromatic N) is 1. The van der Waals surface area contributed by atoms with Crippen LogP contribution in [-0.2, 0) is 24.2 Å². The molecule has 0 aromatic heterocycles. The zero-order valence-corrected chi connectivity index (χ0v) is 29.8. The van der Waals surface area contributed by atoms with Gasteiger partial charge in [0.2, 0.25) is 11.8 Å². The Balaban J connectivity index is 0. The number of aliphatic hydroxyl groups excluding tert-OH is 1. The van der Waals surface area contributed by atoms with Crippen molar-refractivity contribution in [3.8, 4) is 0 Å². The molecule has 44 heavy (non-hydrogen) atoms. The Hall–Kier alpha value is -1.03. The second-order valence-electron chi connectivity index (χ2n) is 12.2. The molecule has 2 N–H and O–H groups in total. The van der Waals surface area contributed by atoms with Crippen molar-refractivity contribution in [2.24, 2.45) is 0 Å². The van der Waals surface area contributed by atoms with Crippen LogP contribution in [-0.4, -0.2) is 55.1 Å². The monoisotopic (exact) mass is 649 g/mol. The van der Waals surface area contributed by atoms with Crippen LogP contribution in [0.3, 0.4) is 0 Å². The van der Waals surface area contributed by atoms with Gasteiger partial charge >= 0.3 is 10.4 Å². The Morgan fingerprint density at radius 2 is 0.750 bits per heavy atom. The lowest BCUT2D eigenvalue weighted by atomic mass is 10.0. The van der Waals surface area contributed by atoms with Gasteiger partial charge in [-0.1, -0.05) is 168 Å². The predicted molar refractivity (Wildman–Crippen MR) is 183 cm³/mol. The van der Waals surface area contributed by atoms with Crippen molar-refractivity contribution in [1.29, 1.82) is 0 Å². The number of rotatable bonds is 31. The molecule has 9 heteroatoms. The lowest BCUT2D eigenvalue weighted by Crippen LogP contribution is -2.38. The molecular formula is C35H71NO7S. The molecular weight excluding hydrogens is 578 g/mol. The Morgan fingerprint density at radius 1 is 0.523 bits per heavy atom. The summed E-state index contributed by atoms with van der Waals surface area (Å²) in [6.07, 6.45) is 34.1. The SMILES string of the molecule is CCCCCCCCCCCCCCCC(=O)N(CCO)C(=O)CCCCCCCCCCCCCCC.COS(=O)(=O)O. The van der Waals surface area contributed by atoms with Crippen LogP contribution >= 0.6 is 0 Å². The van der Waals surface area contributed by atoms with Crippen LogP contribution in [0, 0.1) is 0 Å². The minimum absolute atomic E-state index is 0.0955. The first-order chi connectivity index (χ1) is 21.2. The summed E-state index contributed by atoms with van der Waals surface area (Å²) in [6.45, 7) is 4.54. The predicted octanol–water partition coefficient (Wildman–Crippen LogP) is 9.73. The number of imide groups is 1. The largest absolute Gasteiger partial charge is 0.397 e. The van der Waals surface area contributed by atoms with Crippen molar-refractivity contribution in [2.45, 2.75) is 194 Å². The van der Waals surface area contributed by atoms with Crippen molar-refractivity contribution < 1.29 is 31.8 Å².